The molecule has 1 saturated carbocycles. The van der Waals surface area contributed by atoms with E-state index in [1.165, 1.54) is 5.56 Å². The predicted octanol–water partition coefficient (Wildman–Crippen LogP) is 2.19. The van der Waals surface area contributed by atoms with Crippen molar-refractivity contribution in [2.75, 3.05) is 6.54 Å². The van der Waals surface area contributed by atoms with Crippen LogP contribution in [0.25, 0.3) is 0 Å². The van der Waals surface area contributed by atoms with Gasteiger partial charge in [0.15, 0.2) is 0 Å². The van der Waals surface area contributed by atoms with Gasteiger partial charge in [-0.2, -0.15) is 0 Å². The standard InChI is InChI=1S/C15H24N2O2S/c1-4-12-6-7-14(10-13(12)11-16-5-2)20(18,19)17-15(3)8-9-15/h6-7,10,16-17H,4-5,8-9,11H2,1-3H3. The molecule has 1 fully saturated rings. The van der Waals surface area contributed by atoms with Gasteiger partial charge in [0.2, 0.25) is 10.0 Å². The zero-order chi connectivity index (χ0) is 14.8. The number of benzene rings is 1. The third kappa shape index (κ3) is 3.59. The lowest BCUT2D eigenvalue weighted by Crippen LogP contribution is -2.34. The number of hydrogen-bond donors (Lipinski definition) is 2. The molecule has 0 spiro atoms. The molecule has 0 heterocycles. The van der Waals surface area contributed by atoms with Crippen LogP contribution < -0.4 is 10.0 Å². The Morgan fingerprint density at radius 1 is 1.20 bits per heavy atom. The van der Waals surface area contributed by atoms with Crippen molar-refractivity contribution in [3.05, 3.63) is 29.3 Å². The summed E-state index contributed by atoms with van der Waals surface area (Å²) in [5.74, 6) is 0. The molecule has 112 valence electrons. The first-order valence-electron chi connectivity index (χ1n) is 7.27. The molecule has 0 radical (unpaired) electrons. The molecule has 1 aromatic carbocycles. The number of nitrogens with one attached hydrogen (secondary N) is 2. The van der Waals surface area contributed by atoms with E-state index in [-0.39, 0.29) is 5.54 Å². The molecular formula is C15H24N2O2S. The highest BCUT2D eigenvalue weighted by Gasteiger charge is 2.41. The number of sulfonamides is 1. The minimum absolute atomic E-state index is 0.232. The van der Waals surface area contributed by atoms with Gasteiger partial charge in [0.25, 0.3) is 0 Å². The van der Waals surface area contributed by atoms with Crippen molar-refractivity contribution in [2.24, 2.45) is 0 Å². The van der Waals surface area contributed by atoms with E-state index < -0.39 is 10.0 Å². The molecule has 0 unspecified atom stereocenters. The first kappa shape index (κ1) is 15.5. The van der Waals surface area contributed by atoms with Crippen LogP contribution in [0, 0.1) is 0 Å². The zero-order valence-corrected chi connectivity index (χ0v) is 13.3. The van der Waals surface area contributed by atoms with E-state index in [2.05, 4.69) is 17.0 Å². The fourth-order valence-electron chi connectivity index (χ4n) is 2.21. The Hall–Kier alpha value is -0.910. The van der Waals surface area contributed by atoms with Crippen LogP contribution in [-0.4, -0.2) is 20.5 Å². The van der Waals surface area contributed by atoms with E-state index in [0.717, 1.165) is 31.4 Å². The van der Waals surface area contributed by atoms with Gasteiger partial charge < -0.3 is 5.32 Å². The first-order chi connectivity index (χ1) is 9.40. The molecule has 0 amide bonds. The monoisotopic (exact) mass is 296 g/mol. The van der Waals surface area contributed by atoms with Crippen molar-refractivity contribution >= 4 is 10.0 Å². The van der Waals surface area contributed by atoms with Crippen LogP contribution in [0.15, 0.2) is 23.1 Å². The summed E-state index contributed by atoms with van der Waals surface area (Å²) in [5.41, 5.74) is 2.03. The average molecular weight is 296 g/mol. The van der Waals surface area contributed by atoms with Crippen LogP contribution in [0.5, 0.6) is 0 Å². The molecule has 1 aliphatic rings. The Kier molecular flexibility index (Phi) is 4.52. The highest BCUT2D eigenvalue weighted by Crippen LogP contribution is 2.36. The summed E-state index contributed by atoms with van der Waals surface area (Å²) in [5, 5.41) is 3.26. The van der Waals surface area contributed by atoms with Gasteiger partial charge >= 0.3 is 0 Å². The summed E-state index contributed by atoms with van der Waals surface area (Å²) in [6, 6.07) is 5.44. The molecular weight excluding hydrogens is 272 g/mol. The second-order valence-electron chi connectivity index (χ2n) is 5.73. The molecule has 20 heavy (non-hydrogen) atoms. The lowest BCUT2D eigenvalue weighted by Gasteiger charge is -2.15. The van der Waals surface area contributed by atoms with Crippen molar-refractivity contribution in [2.45, 2.75) is 57.0 Å². The molecule has 0 aromatic heterocycles. The minimum Gasteiger partial charge on any atom is -0.313 e. The number of aryl methyl sites for hydroxylation is 1. The molecule has 0 bridgehead atoms. The van der Waals surface area contributed by atoms with Crippen LogP contribution in [0.3, 0.4) is 0 Å². The number of rotatable bonds is 7. The molecule has 2 N–H and O–H groups in total. The van der Waals surface area contributed by atoms with E-state index in [1.807, 2.05) is 19.9 Å². The first-order valence-corrected chi connectivity index (χ1v) is 8.75. The third-order valence-electron chi connectivity index (χ3n) is 3.82. The van der Waals surface area contributed by atoms with Gasteiger partial charge in [0.1, 0.15) is 0 Å². The average Bonchev–Trinajstić information content (AvgIpc) is 3.12. The SMILES string of the molecule is CCNCc1cc(S(=O)(=O)NC2(C)CC2)ccc1CC. The van der Waals surface area contributed by atoms with Crippen LogP contribution in [0.4, 0.5) is 0 Å². The van der Waals surface area contributed by atoms with Gasteiger partial charge in [-0.15, -0.1) is 0 Å². The van der Waals surface area contributed by atoms with E-state index in [9.17, 15) is 8.42 Å². The smallest absolute Gasteiger partial charge is 0.241 e. The molecule has 0 atom stereocenters. The van der Waals surface area contributed by atoms with Crippen molar-refractivity contribution in [1.82, 2.24) is 10.0 Å². The van der Waals surface area contributed by atoms with Crippen molar-refractivity contribution in [3.8, 4) is 0 Å². The second-order valence-corrected chi connectivity index (χ2v) is 7.41. The summed E-state index contributed by atoms with van der Waals surface area (Å²) >= 11 is 0. The van der Waals surface area contributed by atoms with Crippen molar-refractivity contribution in [1.29, 1.82) is 0 Å². The molecule has 5 heteroatoms. The zero-order valence-electron chi connectivity index (χ0n) is 12.5. The van der Waals surface area contributed by atoms with E-state index in [4.69, 9.17) is 0 Å². The summed E-state index contributed by atoms with van der Waals surface area (Å²) in [4.78, 5) is 0.371. The van der Waals surface area contributed by atoms with Crippen LogP contribution in [0.2, 0.25) is 0 Å². The Bertz CT molecular complexity index is 578. The molecule has 2 rings (SSSR count). The highest BCUT2D eigenvalue weighted by atomic mass is 32.2. The van der Waals surface area contributed by atoms with Gasteiger partial charge in [-0.3, -0.25) is 0 Å². The molecule has 1 aliphatic carbocycles. The quantitative estimate of drug-likeness (QED) is 0.811. The van der Waals surface area contributed by atoms with Crippen LogP contribution in [0.1, 0.15) is 44.7 Å². The van der Waals surface area contributed by atoms with Crippen LogP contribution >= 0.6 is 0 Å². The maximum absolute atomic E-state index is 12.4. The van der Waals surface area contributed by atoms with Crippen molar-refractivity contribution in [3.63, 3.8) is 0 Å². The van der Waals surface area contributed by atoms with E-state index in [0.29, 0.717) is 11.4 Å². The van der Waals surface area contributed by atoms with E-state index in [1.54, 1.807) is 12.1 Å². The fraction of sp³-hybridized carbons (Fsp3) is 0.600. The van der Waals surface area contributed by atoms with Gasteiger partial charge in [-0.05, 0) is 56.0 Å². The topological polar surface area (TPSA) is 58.2 Å². The maximum Gasteiger partial charge on any atom is 0.241 e. The predicted molar refractivity (Wildman–Crippen MR) is 81.2 cm³/mol. The normalized spacial score (nSPS) is 17.1. The Labute approximate surface area is 122 Å². The van der Waals surface area contributed by atoms with Gasteiger partial charge in [0, 0.05) is 12.1 Å². The fourth-order valence-corrected chi connectivity index (χ4v) is 3.73. The van der Waals surface area contributed by atoms with Crippen molar-refractivity contribution < 1.29 is 8.42 Å². The van der Waals surface area contributed by atoms with Crippen LogP contribution in [-0.2, 0) is 23.0 Å². The maximum atomic E-state index is 12.4. The lowest BCUT2D eigenvalue weighted by atomic mass is 10.1. The molecule has 4 nitrogen and oxygen atoms in total. The van der Waals surface area contributed by atoms with E-state index >= 15 is 0 Å². The summed E-state index contributed by atoms with van der Waals surface area (Å²) < 4.78 is 27.6. The molecule has 0 aliphatic heterocycles. The summed E-state index contributed by atoms with van der Waals surface area (Å²) in [6.07, 6.45) is 2.75. The lowest BCUT2D eigenvalue weighted by molar-refractivity contribution is 0.557. The Morgan fingerprint density at radius 2 is 1.90 bits per heavy atom. The second kappa shape index (κ2) is 5.84. The third-order valence-corrected chi connectivity index (χ3v) is 5.45. The Morgan fingerprint density at radius 3 is 2.45 bits per heavy atom. The summed E-state index contributed by atoms with van der Waals surface area (Å²) in [7, 11) is -3.41. The summed E-state index contributed by atoms with van der Waals surface area (Å²) in [6.45, 7) is 7.66. The molecule has 0 saturated heterocycles. The van der Waals surface area contributed by atoms with Gasteiger partial charge in [0.05, 0.1) is 4.90 Å². The highest BCUT2D eigenvalue weighted by molar-refractivity contribution is 7.89. The molecule has 1 aromatic rings. The van der Waals surface area contributed by atoms with Gasteiger partial charge in [-0.1, -0.05) is 19.9 Å². The number of hydrogen-bond acceptors (Lipinski definition) is 3. The minimum atomic E-state index is -3.41. The largest absolute Gasteiger partial charge is 0.313 e. The van der Waals surface area contributed by atoms with Gasteiger partial charge in [-0.25, -0.2) is 13.1 Å². The Balaban J connectivity index is 2.27.